The zero-order chi connectivity index (χ0) is 14.0. The summed E-state index contributed by atoms with van der Waals surface area (Å²) in [5, 5.41) is 20.6. The van der Waals surface area contributed by atoms with Crippen LogP contribution in [0.1, 0.15) is 23.6 Å². The predicted octanol–water partition coefficient (Wildman–Crippen LogP) is 3.21. The van der Waals surface area contributed by atoms with Crippen LogP contribution in [0.2, 0.25) is 0 Å². The summed E-state index contributed by atoms with van der Waals surface area (Å²) in [5.74, 6) is 0.463. The van der Waals surface area contributed by atoms with E-state index in [1.54, 1.807) is 32.2 Å². The van der Waals surface area contributed by atoms with Crippen LogP contribution in [0, 0.1) is 17.0 Å². The van der Waals surface area contributed by atoms with E-state index < -0.39 is 11.0 Å². The van der Waals surface area contributed by atoms with Gasteiger partial charge in [-0.05, 0) is 26.0 Å². The Hall–Kier alpha value is -1.99. The van der Waals surface area contributed by atoms with Gasteiger partial charge in [0.15, 0.2) is 0 Å². The van der Waals surface area contributed by atoms with Gasteiger partial charge in [0.05, 0.1) is 16.7 Å². The molecule has 1 unspecified atom stereocenters. The Kier molecular flexibility index (Phi) is 3.77. The van der Waals surface area contributed by atoms with E-state index in [1.165, 1.54) is 6.07 Å². The molecule has 2 heterocycles. The summed E-state index contributed by atoms with van der Waals surface area (Å²) in [5.41, 5.74) is 0.493. The molecule has 2 rings (SSSR count). The van der Waals surface area contributed by atoms with Crippen LogP contribution in [0.25, 0.3) is 0 Å². The summed E-state index contributed by atoms with van der Waals surface area (Å²) in [4.78, 5) is 15.0. The van der Waals surface area contributed by atoms with Crippen LogP contribution in [0.5, 0.6) is 10.8 Å². The molecular formula is C12H12N2O4S. The van der Waals surface area contributed by atoms with Gasteiger partial charge in [-0.2, -0.15) is 0 Å². The van der Waals surface area contributed by atoms with Crippen molar-refractivity contribution < 1.29 is 14.8 Å². The molecule has 19 heavy (non-hydrogen) atoms. The van der Waals surface area contributed by atoms with Crippen molar-refractivity contribution in [2.24, 2.45) is 0 Å². The number of aromatic nitrogens is 1. The van der Waals surface area contributed by atoms with Crippen molar-refractivity contribution in [3.05, 3.63) is 45.1 Å². The lowest BCUT2D eigenvalue weighted by Gasteiger charge is -2.04. The van der Waals surface area contributed by atoms with Crippen molar-refractivity contribution in [3.63, 3.8) is 0 Å². The van der Waals surface area contributed by atoms with E-state index in [4.69, 9.17) is 4.74 Å². The zero-order valence-electron chi connectivity index (χ0n) is 10.4. The highest BCUT2D eigenvalue weighted by molar-refractivity contribution is 7.14. The highest BCUT2D eigenvalue weighted by atomic mass is 32.1. The summed E-state index contributed by atoms with van der Waals surface area (Å²) in [6, 6.07) is 4.71. The fourth-order valence-electron chi connectivity index (χ4n) is 1.47. The second-order valence-electron chi connectivity index (χ2n) is 3.94. The Bertz CT molecular complexity index is 610. The normalized spacial score (nSPS) is 12.2. The van der Waals surface area contributed by atoms with E-state index in [2.05, 4.69) is 4.98 Å². The van der Waals surface area contributed by atoms with E-state index in [9.17, 15) is 15.2 Å². The number of rotatable bonds is 4. The minimum atomic E-state index is -0.768. The molecule has 100 valence electrons. The first-order valence-electron chi connectivity index (χ1n) is 5.54. The highest BCUT2D eigenvalue weighted by Gasteiger charge is 2.23. The Morgan fingerprint density at radius 3 is 2.89 bits per heavy atom. The highest BCUT2D eigenvalue weighted by Crippen LogP contribution is 2.42. The van der Waals surface area contributed by atoms with Crippen molar-refractivity contribution in [1.29, 1.82) is 0 Å². The quantitative estimate of drug-likeness (QED) is 0.686. The Morgan fingerprint density at radius 2 is 2.32 bits per heavy atom. The fraction of sp³-hybridized carbons (Fsp3) is 0.250. The Balaban J connectivity index is 2.39. The average Bonchev–Trinajstić information content (AvgIpc) is 2.76. The topological polar surface area (TPSA) is 85.5 Å². The summed E-state index contributed by atoms with van der Waals surface area (Å²) < 4.78 is 5.54. The first-order valence-corrected chi connectivity index (χ1v) is 6.36. The van der Waals surface area contributed by atoms with Gasteiger partial charge in [-0.25, -0.2) is 0 Å². The number of aliphatic hydroxyl groups is 1. The number of aliphatic hydroxyl groups excluding tert-OH is 1. The smallest absolute Gasteiger partial charge is 0.323 e. The van der Waals surface area contributed by atoms with E-state index in [0.29, 0.717) is 16.3 Å². The Labute approximate surface area is 113 Å². The molecule has 0 aliphatic heterocycles. The second-order valence-corrected chi connectivity index (χ2v) is 4.99. The van der Waals surface area contributed by atoms with E-state index in [1.807, 2.05) is 0 Å². The number of hydrogen-bond acceptors (Lipinski definition) is 6. The average molecular weight is 280 g/mol. The molecule has 2 aromatic heterocycles. The van der Waals surface area contributed by atoms with Gasteiger partial charge in [0.1, 0.15) is 5.75 Å². The van der Waals surface area contributed by atoms with E-state index in [0.717, 1.165) is 11.3 Å². The van der Waals surface area contributed by atoms with Gasteiger partial charge in [-0.15, -0.1) is 0 Å². The van der Waals surface area contributed by atoms with Crippen LogP contribution in [0.3, 0.4) is 0 Å². The maximum atomic E-state index is 11.0. The first-order chi connectivity index (χ1) is 8.99. The first kappa shape index (κ1) is 13.4. The van der Waals surface area contributed by atoms with Gasteiger partial charge in [-0.1, -0.05) is 11.3 Å². The molecule has 0 fully saturated rings. The third kappa shape index (κ3) is 2.88. The SMILES string of the molecule is Cc1ncccc1Oc1sc(C(C)O)cc1[N+](=O)[O-]. The molecule has 2 aromatic rings. The molecule has 0 aliphatic rings. The van der Waals surface area contributed by atoms with Crippen LogP contribution in [0.15, 0.2) is 24.4 Å². The van der Waals surface area contributed by atoms with Crippen LogP contribution < -0.4 is 4.74 Å². The molecule has 0 radical (unpaired) electrons. The molecule has 0 saturated carbocycles. The molecule has 0 aromatic carbocycles. The molecule has 6 nitrogen and oxygen atoms in total. The van der Waals surface area contributed by atoms with Crippen LogP contribution in [-0.4, -0.2) is 15.0 Å². The minimum absolute atomic E-state index is 0.149. The van der Waals surface area contributed by atoms with Crippen molar-refractivity contribution >= 4 is 17.0 Å². The Morgan fingerprint density at radius 1 is 1.58 bits per heavy atom. The monoisotopic (exact) mass is 280 g/mol. The van der Waals surface area contributed by atoms with Crippen molar-refractivity contribution in [3.8, 4) is 10.8 Å². The van der Waals surface area contributed by atoms with Crippen molar-refractivity contribution in [2.75, 3.05) is 0 Å². The second kappa shape index (κ2) is 5.33. The summed E-state index contributed by atoms with van der Waals surface area (Å²) in [6.45, 7) is 3.30. The van der Waals surface area contributed by atoms with E-state index >= 15 is 0 Å². The van der Waals surface area contributed by atoms with Gasteiger partial charge in [0.25, 0.3) is 5.06 Å². The number of aryl methyl sites for hydroxylation is 1. The maximum Gasteiger partial charge on any atom is 0.323 e. The maximum absolute atomic E-state index is 11.0. The zero-order valence-corrected chi connectivity index (χ0v) is 11.2. The molecule has 1 N–H and O–H groups in total. The number of ether oxygens (including phenoxy) is 1. The third-order valence-corrected chi connectivity index (χ3v) is 3.64. The summed E-state index contributed by atoms with van der Waals surface area (Å²) in [7, 11) is 0. The standard InChI is InChI=1S/C12H12N2O4S/c1-7-10(4-3-5-13-7)18-12-9(14(16)17)6-11(19-12)8(2)15/h3-6,8,15H,1-2H3. The number of hydrogen-bond donors (Lipinski definition) is 1. The number of pyridine rings is 1. The molecule has 0 bridgehead atoms. The third-order valence-electron chi connectivity index (χ3n) is 2.47. The van der Waals surface area contributed by atoms with Gasteiger partial charge in [0, 0.05) is 17.1 Å². The lowest BCUT2D eigenvalue weighted by atomic mass is 10.3. The summed E-state index contributed by atoms with van der Waals surface area (Å²) in [6.07, 6.45) is 0.850. The summed E-state index contributed by atoms with van der Waals surface area (Å²) >= 11 is 1.06. The molecule has 7 heteroatoms. The molecule has 1 atom stereocenters. The molecule has 0 saturated heterocycles. The largest absolute Gasteiger partial charge is 0.438 e. The van der Waals surface area contributed by atoms with Crippen molar-refractivity contribution in [1.82, 2.24) is 4.98 Å². The fourth-order valence-corrected chi connectivity index (χ4v) is 2.39. The predicted molar refractivity (Wildman–Crippen MR) is 70.7 cm³/mol. The van der Waals surface area contributed by atoms with E-state index in [-0.39, 0.29) is 10.8 Å². The van der Waals surface area contributed by atoms with Crippen LogP contribution >= 0.6 is 11.3 Å². The van der Waals surface area contributed by atoms with Gasteiger partial charge in [0.2, 0.25) is 0 Å². The van der Waals surface area contributed by atoms with Gasteiger partial charge in [-0.3, -0.25) is 15.1 Å². The molecule has 0 amide bonds. The number of nitro groups is 1. The lowest BCUT2D eigenvalue weighted by Crippen LogP contribution is -1.91. The molecule has 0 aliphatic carbocycles. The molecule has 0 spiro atoms. The van der Waals surface area contributed by atoms with Crippen LogP contribution in [0.4, 0.5) is 5.69 Å². The minimum Gasteiger partial charge on any atom is -0.438 e. The lowest BCUT2D eigenvalue weighted by molar-refractivity contribution is -0.385. The van der Waals surface area contributed by atoms with Gasteiger partial charge < -0.3 is 9.84 Å². The van der Waals surface area contributed by atoms with Crippen molar-refractivity contribution in [2.45, 2.75) is 20.0 Å². The van der Waals surface area contributed by atoms with Crippen LogP contribution in [-0.2, 0) is 0 Å². The van der Waals surface area contributed by atoms with Gasteiger partial charge >= 0.3 is 5.69 Å². The molecular weight excluding hydrogens is 268 g/mol. The number of thiophene rings is 1. The number of nitrogens with zero attached hydrogens (tertiary/aromatic N) is 2.